The molecule has 2 atom stereocenters. The first-order valence-electron chi connectivity index (χ1n) is 25.1. The van der Waals surface area contributed by atoms with Gasteiger partial charge in [-0.05, 0) is 110 Å². The summed E-state index contributed by atoms with van der Waals surface area (Å²) < 4.78 is 38.5. The van der Waals surface area contributed by atoms with E-state index in [0.717, 1.165) is 129 Å². The fourth-order valence-corrected chi connectivity index (χ4v) is 12.4. The normalized spacial score (nSPS) is 18.5. The van der Waals surface area contributed by atoms with E-state index in [4.69, 9.17) is 9.84 Å². The molecule has 1 saturated carbocycles. The Morgan fingerprint density at radius 1 is 1.10 bits per heavy atom. The summed E-state index contributed by atoms with van der Waals surface area (Å²) in [5.41, 5.74) is 10.1. The number of allylic oxidation sites excluding steroid dienone is 1. The van der Waals surface area contributed by atoms with Gasteiger partial charge in [-0.25, -0.2) is 13.8 Å². The van der Waals surface area contributed by atoms with Crippen molar-refractivity contribution >= 4 is 35.2 Å². The van der Waals surface area contributed by atoms with Crippen molar-refractivity contribution in [2.24, 2.45) is 22.7 Å². The lowest BCUT2D eigenvalue weighted by Crippen LogP contribution is -2.63. The molecule has 68 heavy (non-hydrogen) atoms. The number of alkyl halides is 2. The Labute approximate surface area is 407 Å². The number of aryl methyl sites for hydroxylation is 1. The van der Waals surface area contributed by atoms with Crippen LogP contribution in [-0.4, -0.2) is 89.4 Å². The molecular weight excluding hydrogens is 879 g/mol. The van der Waals surface area contributed by atoms with Gasteiger partial charge in [-0.3, -0.25) is 14.3 Å². The molecule has 2 N–H and O–H groups in total. The van der Waals surface area contributed by atoms with Crippen LogP contribution in [0.5, 0.6) is 0 Å². The highest BCUT2D eigenvalue weighted by Crippen LogP contribution is 2.58. The fraction of sp³-hybridized carbons (Fsp3) is 0.593. The van der Waals surface area contributed by atoms with E-state index < -0.39 is 6.43 Å². The molecule has 5 heterocycles. The zero-order chi connectivity index (χ0) is 48.2. The van der Waals surface area contributed by atoms with Crippen molar-refractivity contribution in [3.05, 3.63) is 93.9 Å². The van der Waals surface area contributed by atoms with Crippen LogP contribution in [0.1, 0.15) is 138 Å². The first kappa shape index (κ1) is 49.8. The van der Waals surface area contributed by atoms with E-state index in [2.05, 4.69) is 107 Å². The topological polar surface area (TPSA) is 108 Å². The molecule has 368 valence electrons. The number of hydrogen-bond donors (Lipinski definition) is 2. The molecule has 4 aliphatic rings. The third kappa shape index (κ3) is 11.0. The number of aromatic nitrogens is 3. The third-order valence-corrected chi connectivity index (χ3v) is 16.4. The Morgan fingerprint density at radius 3 is 2.50 bits per heavy atom. The minimum absolute atomic E-state index is 0.0370. The summed E-state index contributed by atoms with van der Waals surface area (Å²) in [6.07, 6.45) is 5.84. The lowest BCUT2D eigenvalue weighted by atomic mass is 9.55. The first-order chi connectivity index (χ1) is 32.7. The molecule has 1 aliphatic carbocycles. The lowest BCUT2D eigenvalue weighted by Gasteiger charge is -2.61. The number of carbonyl (C=O) groups excluding carboxylic acids is 2. The van der Waals surface area contributed by atoms with Crippen molar-refractivity contribution in [2.75, 3.05) is 57.4 Å². The smallest absolute Gasteiger partial charge is 0.264 e. The predicted octanol–water partition coefficient (Wildman–Crippen LogP) is 10.7. The number of unbranched alkanes of at least 4 members (excludes halogenated alkanes) is 1. The Balaban J connectivity index is 0.948. The molecule has 3 fully saturated rings. The first-order valence-corrected chi connectivity index (χ1v) is 26.0. The number of halogens is 2. The van der Waals surface area contributed by atoms with E-state index in [1.165, 1.54) is 11.3 Å². The third-order valence-electron chi connectivity index (χ3n) is 15.4. The number of likely N-dealkylation sites (tertiary alicyclic amines) is 1. The SMILES string of the molecule is C=C(C)N1CCc2c(c(N(CCCC)c3ccc(C4CC5(C4)CN(CC(C(CCCNC=O)C(=O)NCc4ccc(-c6scnc6C)cc4)C(C)(C)C)C5)c(C(F)F)c3)nn2C2CCOCC2)C1. The van der Waals surface area contributed by atoms with Gasteiger partial charge in [0, 0.05) is 106 Å². The second kappa shape index (κ2) is 21.5. The van der Waals surface area contributed by atoms with Gasteiger partial charge < -0.3 is 30.1 Å². The maximum atomic E-state index is 15.3. The number of nitrogens with zero attached hydrogens (tertiary/aromatic N) is 6. The number of anilines is 2. The van der Waals surface area contributed by atoms with E-state index in [0.29, 0.717) is 45.4 Å². The standard InChI is InChI=1S/C54H74F2N8O3S/c1-8-9-22-63(51-46-30-62(36(2)3)23-18-48(46)64(60-51)41-19-24-67-25-20-41)42-16-17-43(45(26-42)50(55)56)40-27-54(28-40)32-61(33-54)31-47(53(5,6)7)44(11-10-21-57-34-65)52(66)58-29-38-12-14-39(15-13-38)49-37(4)59-35-68-49/h12-17,26,34-35,40-41,44,47,50H,2,8-11,18-25,27-33H2,1,3-7H3,(H,57,65)(H,58,66). The Hall–Kier alpha value is -4.66. The number of thiazole rings is 1. The monoisotopic (exact) mass is 953 g/mol. The van der Waals surface area contributed by atoms with Crippen LogP contribution in [0.25, 0.3) is 10.4 Å². The van der Waals surface area contributed by atoms with E-state index in [9.17, 15) is 9.59 Å². The van der Waals surface area contributed by atoms with Gasteiger partial charge in [-0.1, -0.05) is 71.0 Å². The Bertz CT molecular complexity index is 2360. The summed E-state index contributed by atoms with van der Waals surface area (Å²) in [5.74, 6) is 0.814. The highest BCUT2D eigenvalue weighted by atomic mass is 32.1. The van der Waals surface area contributed by atoms with Gasteiger partial charge in [0.05, 0.1) is 22.1 Å². The summed E-state index contributed by atoms with van der Waals surface area (Å²) in [6.45, 7) is 24.4. The van der Waals surface area contributed by atoms with Crippen molar-refractivity contribution in [3.63, 3.8) is 0 Å². The van der Waals surface area contributed by atoms with Crippen LogP contribution in [0.15, 0.2) is 60.3 Å². The minimum Gasteiger partial charge on any atom is -0.381 e. The molecule has 0 bridgehead atoms. The van der Waals surface area contributed by atoms with Gasteiger partial charge in [0.1, 0.15) is 0 Å². The number of amides is 2. The second-order valence-electron chi connectivity index (χ2n) is 21.3. The molecule has 2 saturated heterocycles. The van der Waals surface area contributed by atoms with Gasteiger partial charge >= 0.3 is 0 Å². The Morgan fingerprint density at radius 2 is 1.85 bits per heavy atom. The largest absolute Gasteiger partial charge is 0.381 e. The van der Waals surface area contributed by atoms with Crippen LogP contribution in [0, 0.1) is 29.6 Å². The summed E-state index contributed by atoms with van der Waals surface area (Å²) in [7, 11) is 0. The molecule has 4 aromatic rings. The van der Waals surface area contributed by atoms with Crippen molar-refractivity contribution in [2.45, 2.75) is 131 Å². The summed E-state index contributed by atoms with van der Waals surface area (Å²) in [5, 5.41) is 11.4. The van der Waals surface area contributed by atoms with Gasteiger partial charge in [0.2, 0.25) is 12.3 Å². The van der Waals surface area contributed by atoms with Crippen LogP contribution >= 0.6 is 11.3 Å². The summed E-state index contributed by atoms with van der Waals surface area (Å²) >= 11 is 1.63. The quantitative estimate of drug-likeness (QED) is 0.0628. The zero-order valence-corrected chi connectivity index (χ0v) is 42.1. The van der Waals surface area contributed by atoms with E-state index in [1.54, 1.807) is 17.4 Å². The number of carbonyl (C=O) groups is 2. The molecule has 3 aliphatic heterocycles. The fourth-order valence-electron chi connectivity index (χ4n) is 11.6. The van der Waals surface area contributed by atoms with Crippen molar-refractivity contribution in [1.82, 2.24) is 35.2 Å². The molecule has 2 aromatic heterocycles. The maximum absolute atomic E-state index is 15.3. The average Bonchev–Trinajstić information content (AvgIpc) is 3.91. The zero-order valence-electron chi connectivity index (χ0n) is 41.3. The lowest BCUT2D eigenvalue weighted by molar-refractivity contribution is -0.132. The van der Waals surface area contributed by atoms with Gasteiger partial charge in [0.15, 0.2) is 5.82 Å². The highest BCUT2D eigenvalue weighted by molar-refractivity contribution is 7.13. The number of fused-ring (bicyclic) bond motifs is 1. The number of hydrogen-bond acceptors (Lipinski definition) is 9. The van der Waals surface area contributed by atoms with Crippen molar-refractivity contribution < 1.29 is 23.1 Å². The maximum Gasteiger partial charge on any atom is 0.264 e. The van der Waals surface area contributed by atoms with Crippen molar-refractivity contribution in [3.8, 4) is 10.4 Å². The van der Waals surface area contributed by atoms with Crippen LogP contribution < -0.4 is 15.5 Å². The van der Waals surface area contributed by atoms with Crippen LogP contribution in [-0.2, 0) is 33.8 Å². The average molecular weight is 953 g/mol. The molecule has 2 aromatic carbocycles. The molecule has 2 unspecified atom stereocenters. The number of nitrogens with one attached hydrogen (secondary N) is 2. The predicted molar refractivity (Wildman–Crippen MR) is 268 cm³/mol. The number of rotatable bonds is 21. The molecule has 8 rings (SSSR count). The molecular formula is C54H74F2N8O3S. The molecule has 14 heteroatoms. The Kier molecular flexibility index (Phi) is 15.8. The van der Waals surface area contributed by atoms with E-state index in [1.807, 2.05) is 18.5 Å². The number of benzene rings is 2. The van der Waals surface area contributed by atoms with Gasteiger partial charge in [0.25, 0.3) is 6.43 Å². The van der Waals surface area contributed by atoms with Crippen LogP contribution in [0.3, 0.4) is 0 Å². The van der Waals surface area contributed by atoms with Gasteiger partial charge in [-0.15, -0.1) is 11.3 Å². The second-order valence-corrected chi connectivity index (χ2v) is 22.2. The molecule has 2 amide bonds. The molecule has 11 nitrogen and oxygen atoms in total. The van der Waals surface area contributed by atoms with E-state index in [-0.39, 0.29) is 46.1 Å². The summed E-state index contributed by atoms with van der Waals surface area (Å²) in [4.78, 5) is 37.8. The highest BCUT2D eigenvalue weighted by Gasteiger charge is 2.54. The van der Waals surface area contributed by atoms with Crippen LogP contribution in [0.2, 0.25) is 0 Å². The molecule has 0 radical (unpaired) electrons. The van der Waals surface area contributed by atoms with E-state index >= 15 is 8.78 Å². The van der Waals surface area contributed by atoms with Crippen LogP contribution in [0.4, 0.5) is 20.3 Å². The minimum atomic E-state index is -2.59. The number of ether oxygens (including phenoxy) is 1. The molecule has 1 spiro atoms. The van der Waals surface area contributed by atoms with Gasteiger partial charge in [-0.2, -0.15) is 5.10 Å². The van der Waals surface area contributed by atoms with Crippen molar-refractivity contribution in [1.29, 1.82) is 0 Å². The summed E-state index contributed by atoms with van der Waals surface area (Å²) in [6, 6.07) is 14.4.